The highest BCUT2D eigenvalue weighted by atomic mass is 14.7. The van der Waals surface area contributed by atoms with Crippen LogP contribution in [0.3, 0.4) is 0 Å². The minimum absolute atomic E-state index is 0.402. The number of hydrogen-bond donors (Lipinski definition) is 1. The maximum Gasteiger partial charge on any atom is 0.0797 e. The summed E-state index contributed by atoms with van der Waals surface area (Å²) in [6.45, 7) is 6.09. The van der Waals surface area contributed by atoms with Crippen LogP contribution in [0.15, 0.2) is 24.3 Å². The second-order valence-electron chi connectivity index (χ2n) is 6.92. The van der Waals surface area contributed by atoms with Crippen molar-refractivity contribution in [2.75, 3.05) is 6.54 Å². The molecule has 0 heterocycles. The monoisotopic (exact) mass is 244 g/mol. The Hall–Kier alpha value is -0.820. The Balaban J connectivity index is 2.09. The number of aryl methyl sites for hydroxylation is 1. The summed E-state index contributed by atoms with van der Waals surface area (Å²) >= 11 is 0. The zero-order valence-corrected chi connectivity index (χ0v) is 11.8. The largest absolute Gasteiger partial charge is 0.357 e. The molecule has 98 valence electrons. The predicted octanol–water partition coefficient (Wildman–Crippen LogP) is 2.94. The summed E-state index contributed by atoms with van der Waals surface area (Å²) in [4.78, 5) is 0. The van der Waals surface area contributed by atoms with Crippen LogP contribution >= 0.6 is 0 Å². The lowest BCUT2D eigenvalue weighted by atomic mass is 9.50. The van der Waals surface area contributed by atoms with Crippen molar-refractivity contribution in [1.29, 1.82) is 0 Å². The van der Waals surface area contributed by atoms with Crippen LogP contribution in [0.2, 0.25) is 0 Å². The average Bonchev–Trinajstić information content (AvgIpc) is 2.39. The lowest BCUT2D eigenvalue weighted by Crippen LogP contribution is -2.63. The van der Waals surface area contributed by atoms with Crippen LogP contribution < -0.4 is 5.73 Å². The maximum atomic E-state index is 4.26. The molecule has 0 bridgehead atoms. The summed E-state index contributed by atoms with van der Waals surface area (Å²) in [5.74, 6) is 0.825. The minimum atomic E-state index is 0.402. The smallest absolute Gasteiger partial charge is 0.0797 e. The van der Waals surface area contributed by atoms with Gasteiger partial charge in [-0.15, -0.1) is 0 Å². The van der Waals surface area contributed by atoms with Gasteiger partial charge in [0.15, 0.2) is 0 Å². The van der Waals surface area contributed by atoms with Crippen molar-refractivity contribution in [3.63, 3.8) is 0 Å². The number of benzene rings is 1. The van der Waals surface area contributed by atoms with Crippen molar-refractivity contribution in [2.45, 2.75) is 51.4 Å². The Morgan fingerprint density at radius 1 is 1.22 bits per heavy atom. The van der Waals surface area contributed by atoms with Crippen molar-refractivity contribution in [2.24, 2.45) is 11.3 Å². The SMILES string of the molecule is C[C@@]1(C[NH3+])CCC[C@]2(C)c3ccccc3CC[C@H]12. The van der Waals surface area contributed by atoms with Crippen LogP contribution in [0.4, 0.5) is 0 Å². The van der Waals surface area contributed by atoms with Crippen LogP contribution in [0.5, 0.6) is 0 Å². The molecule has 0 unspecified atom stereocenters. The van der Waals surface area contributed by atoms with E-state index in [1.54, 1.807) is 11.1 Å². The zero-order chi connectivity index (χ0) is 12.8. The van der Waals surface area contributed by atoms with Crippen LogP contribution in [-0.2, 0) is 11.8 Å². The second-order valence-corrected chi connectivity index (χ2v) is 6.92. The third-order valence-corrected chi connectivity index (χ3v) is 5.96. The van der Waals surface area contributed by atoms with Crippen LogP contribution in [-0.4, -0.2) is 6.54 Å². The standard InChI is InChI=1S/C17H25N/c1-16(12-18)10-5-11-17(2)14-7-4-3-6-13(14)8-9-15(16)17/h3-4,6-7,15H,5,8-12,18H2,1-2H3/p+1/t15-,16+,17-/m1/s1. The molecular formula is C17H26N+. The molecule has 0 aromatic heterocycles. The van der Waals surface area contributed by atoms with E-state index in [4.69, 9.17) is 0 Å². The Bertz CT molecular complexity index is 453. The summed E-state index contributed by atoms with van der Waals surface area (Å²) in [5.41, 5.74) is 8.36. The van der Waals surface area contributed by atoms with Gasteiger partial charge in [0, 0.05) is 5.41 Å². The topological polar surface area (TPSA) is 27.6 Å². The molecule has 0 saturated heterocycles. The minimum Gasteiger partial charge on any atom is -0.357 e. The molecule has 2 aliphatic carbocycles. The number of fused-ring (bicyclic) bond motifs is 3. The number of hydrogen-bond acceptors (Lipinski definition) is 0. The zero-order valence-electron chi connectivity index (χ0n) is 11.8. The lowest BCUT2D eigenvalue weighted by molar-refractivity contribution is -0.399. The van der Waals surface area contributed by atoms with Gasteiger partial charge >= 0.3 is 0 Å². The number of quaternary nitrogens is 1. The first kappa shape index (κ1) is 12.2. The highest BCUT2D eigenvalue weighted by Gasteiger charge is 2.51. The molecule has 1 heteroatoms. The van der Waals surface area contributed by atoms with E-state index in [9.17, 15) is 0 Å². The first-order chi connectivity index (χ1) is 8.60. The molecule has 1 aromatic rings. The van der Waals surface area contributed by atoms with Crippen molar-refractivity contribution in [3.8, 4) is 0 Å². The summed E-state index contributed by atoms with van der Waals surface area (Å²) < 4.78 is 0. The molecular weight excluding hydrogens is 218 g/mol. The molecule has 3 atom stereocenters. The average molecular weight is 244 g/mol. The fraction of sp³-hybridized carbons (Fsp3) is 0.647. The molecule has 0 spiro atoms. The van der Waals surface area contributed by atoms with E-state index in [1.807, 2.05) is 0 Å². The van der Waals surface area contributed by atoms with Crippen LogP contribution in [0.25, 0.3) is 0 Å². The molecule has 1 fully saturated rings. The van der Waals surface area contributed by atoms with E-state index in [1.165, 1.54) is 32.1 Å². The van der Waals surface area contributed by atoms with Gasteiger partial charge in [-0.3, -0.25) is 0 Å². The molecule has 1 nitrogen and oxygen atoms in total. The summed E-state index contributed by atoms with van der Waals surface area (Å²) in [5, 5.41) is 0. The Kier molecular flexibility index (Phi) is 2.78. The molecule has 3 rings (SSSR count). The first-order valence-electron chi connectivity index (χ1n) is 7.48. The van der Waals surface area contributed by atoms with Gasteiger partial charge in [0.1, 0.15) is 0 Å². The molecule has 1 aromatic carbocycles. The van der Waals surface area contributed by atoms with E-state index >= 15 is 0 Å². The molecule has 3 N–H and O–H groups in total. The second kappa shape index (κ2) is 4.09. The van der Waals surface area contributed by atoms with E-state index in [0.717, 1.165) is 12.5 Å². The molecule has 0 amide bonds. The van der Waals surface area contributed by atoms with Gasteiger partial charge in [-0.25, -0.2) is 0 Å². The molecule has 0 radical (unpaired) electrons. The molecule has 0 aliphatic heterocycles. The van der Waals surface area contributed by atoms with Crippen molar-refractivity contribution in [3.05, 3.63) is 35.4 Å². The third kappa shape index (κ3) is 1.56. The first-order valence-corrected chi connectivity index (χ1v) is 7.48. The highest BCUT2D eigenvalue weighted by Crippen LogP contribution is 2.56. The van der Waals surface area contributed by atoms with Crippen molar-refractivity contribution in [1.82, 2.24) is 0 Å². The van der Waals surface area contributed by atoms with Gasteiger partial charge in [-0.2, -0.15) is 0 Å². The van der Waals surface area contributed by atoms with E-state index in [-0.39, 0.29) is 0 Å². The van der Waals surface area contributed by atoms with E-state index < -0.39 is 0 Å². The summed E-state index contributed by atoms with van der Waals surface area (Å²) in [7, 11) is 0. The summed E-state index contributed by atoms with van der Waals surface area (Å²) in [6.07, 6.45) is 6.74. The van der Waals surface area contributed by atoms with Gasteiger partial charge in [0.05, 0.1) is 6.54 Å². The Labute approximate surface area is 111 Å². The van der Waals surface area contributed by atoms with Crippen molar-refractivity contribution >= 4 is 0 Å². The molecule has 1 saturated carbocycles. The third-order valence-electron chi connectivity index (χ3n) is 5.96. The Morgan fingerprint density at radius 3 is 2.78 bits per heavy atom. The Morgan fingerprint density at radius 2 is 2.00 bits per heavy atom. The highest BCUT2D eigenvalue weighted by molar-refractivity contribution is 5.38. The lowest BCUT2D eigenvalue weighted by Gasteiger charge is -2.54. The maximum absolute atomic E-state index is 4.26. The quantitative estimate of drug-likeness (QED) is 0.786. The van der Waals surface area contributed by atoms with E-state index in [0.29, 0.717) is 10.8 Å². The normalized spacial score (nSPS) is 38.9. The molecule has 18 heavy (non-hydrogen) atoms. The summed E-state index contributed by atoms with van der Waals surface area (Å²) in [6, 6.07) is 9.15. The van der Waals surface area contributed by atoms with Gasteiger partial charge in [0.2, 0.25) is 0 Å². The fourth-order valence-electron chi connectivity index (χ4n) is 4.86. The van der Waals surface area contributed by atoms with Gasteiger partial charge in [-0.1, -0.05) is 44.5 Å². The van der Waals surface area contributed by atoms with Gasteiger partial charge < -0.3 is 5.73 Å². The molecule has 2 aliphatic rings. The van der Waals surface area contributed by atoms with Crippen LogP contribution in [0.1, 0.15) is 50.7 Å². The van der Waals surface area contributed by atoms with E-state index in [2.05, 4.69) is 43.8 Å². The number of rotatable bonds is 1. The van der Waals surface area contributed by atoms with Gasteiger partial charge in [0.25, 0.3) is 0 Å². The van der Waals surface area contributed by atoms with Crippen molar-refractivity contribution < 1.29 is 5.73 Å². The fourth-order valence-corrected chi connectivity index (χ4v) is 4.86. The predicted molar refractivity (Wildman–Crippen MR) is 75.3 cm³/mol. The van der Waals surface area contributed by atoms with Crippen LogP contribution in [0, 0.1) is 11.3 Å². The van der Waals surface area contributed by atoms with Gasteiger partial charge in [-0.05, 0) is 48.1 Å².